The average molecular weight is 404 g/mol. The zero-order valence-corrected chi connectivity index (χ0v) is 16.5. The number of rotatable bonds is 4. The van der Waals surface area contributed by atoms with E-state index < -0.39 is 11.8 Å². The first-order valence-corrected chi connectivity index (χ1v) is 9.37. The number of nitrogens with zero attached hydrogens (tertiary/aromatic N) is 4. The summed E-state index contributed by atoms with van der Waals surface area (Å²) in [6.07, 6.45) is 1.60. The third kappa shape index (κ3) is 3.10. The number of carbonyl (C=O) groups excluding carboxylic acids is 3. The highest BCUT2D eigenvalue weighted by Crippen LogP contribution is 2.38. The molecular formula is C21H20N6O3. The zero-order valence-electron chi connectivity index (χ0n) is 16.5. The van der Waals surface area contributed by atoms with Crippen molar-refractivity contribution >= 4 is 29.2 Å². The van der Waals surface area contributed by atoms with Gasteiger partial charge >= 0.3 is 0 Å². The van der Waals surface area contributed by atoms with E-state index in [-0.39, 0.29) is 24.1 Å². The Morgan fingerprint density at radius 2 is 2.00 bits per heavy atom. The Labute approximate surface area is 172 Å². The van der Waals surface area contributed by atoms with E-state index in [0.717, 1.165) is 4.90 Å². The molecule has 3 N–H and O–H groups in total. The molecule has 0 saturated carbocycles. The number of aryl methyl sites for hydroxylation is 1. The number of nitrogen functional groups attached to an aromatic ring is 1. The first-order chi connectivity index (χ1) is 14.4. The number of anilines is 2. The predicted molar refractivity (Wildman–Crippen MR) is 110 cm³/mol. The molecule has 1 saturated heterocycles. The number of imide groups is 1. The van der Waals surface area contributed by atoms with Crippen LogP contribution in [0, 0.1) is 6.92 Å². The zero-order chi connectivity index (χ0) is 21.4. The molecule has 0 spiro atoms. The van der Waals surface area contributed by atoms with Crippen LogP contribution in [0.15, 0.2) is 48.7 Å². The van der Waals surface area contributed by atoms with Gasteiger partial charge in [0.2, 0.25) is 11.8 Å². The molecule has 1 fully saturated rings. The molecule has 0 aliphatic carbocycles. The number of nitrogens with one attached hydrogen (secondary N) is 1. The number of amides is 3. The standard InChI is InChI=1S/C21H20N6O3/c1-12-18(19(22)27(25-12)16-8-3-4-9-24-16)15-11-17(28)26(21(15)30)14-7-5-6-13(10-14)20(29)23-2/h3-10,15H,11,22H2,1-2H3,(H,23,29)/t15-/m0/s1. The largest absolute Gasteiger partial charge is 0.383 e. The number of aromatic nitrogens is 3. The van der Waals surface area contributed by atoms with Crippen LogP contribution in [0.3, 0.4) is 0 Å². The van der Waals surface area contributed by atoms with Gasteiger partial charge in [-0.3, -0.25) is 14.4 Å². The van der Waals surface area contributed by atoms with Gasteiger partial charge in [0.15, 0.2) is 5.82 Å². The lowest BCUT2D eigenvalue weighted by Gasteiger charge is -2.16. The molecule has 1 atom stereocenters. The van der Waals surface area contributed by atoms with E-state index in [2.05, 4.69) is 15.4 Å². The van der Waals surface area contributed by atoms with Crippen molar-refractivity contribution in [2.24, 2.45) is 0 Å². The fourth-order valence-corrected chi connectivity index (χ4v) is 3.70. The van der Waals surface area contributed by atoms with Gasteiger partial charge in [-0.15, -0.1) is 0 Å². The van der Waals surface area contributed by atoms with Crippen LogP contribution in [-0.4, -0.2) is 39.5 Å². The summed E-state index contributed by atoms with van der Waals surface area (Å²) in [6, 6.07) is 11.7. The Balaban J connectivity index is 1.71. The summed E-state index contributed by atoms with van der Waals surface area (Å²) in [7, 11) is 1.52. The van der Waals surface area contributed by atoms with E-state index in [1.807, 2.05) is 6.07 Å². The number of hydrogen-bond acceptors (Lipinski definition) is 6. The fourth-order valence-electron chi connectivity index (χ4n) is 3.70. The minimum Gasteiger partial charge on any atom is -0.383 e. The lowest BCUT2D eigenvalue weighted by atomic mass is 9.97. The van der Waals surface area contributed by atoms with Crippen LogP contribution >= 0.6 is 0 Å². The molecule has 4 rings (SSSR count). The summed E-state index contributed by atoms with van der Waals surface area (Å²) in [4.78, 5) is 43.2. The second-order valence-electron chi connectivity index (χ2n) is 6.94. The van der Waals surface area contributed by atoms with Gasteiger partial charge in [0.05, 0.1) is 17.3 Å². The quantitative estimate of drug-likeness (QED) is 0.636. The molecule has 3 heterocycles. The van der Waals surface area contributed by atoms with Crippen LogP contribution in [0.2, 0.25) is 0 Å². The molecule has 30 heavy (non-hydrogen) atoms. The molecule has 2 aromatic heterocycles. The van der Waals surface area contributed by atoms with Crippen molar-refractivity contribution < 1.29 is 14.4 Å². The monoisotopic (exact) mass is 404 g/mol. The smallest absolute Gasteiger partial charge is 0.251 e. The molecule has 9 nitrogen and oxygen atoms in total. The Hall–Kier alpha value is -4.01. The van der Waals surface area contributed by atoms with E-state index in [4.69, 9.17) is 5.73 Å². The molecule has 1 aliphatic rings. The van der Waals surface area contributed by atoms with Crippen molar-refractivity contribution in [3.05, 3.63) is 65.5 Å². The van der Waals surface area contributed by atoms with Crippen molar-refractivity contribution in [2.75, 3.05) is 17.7 Å². The summed E-state index contributed by atoms with van der Waals surface area (Å²) in [6.45, 7) is 1.75. The lowest BCUT2D eigenvalue weighted by molar-refractivity contribution is -0.121. The normalized spacial score (nSPS) is 16.2. The SMILES string of the molecule is CNC(=O)c1cccc(N2C(=O)C[C@@H](c3c(C)nn(-c4ccccn4)c3N)C2=O)c1. The second kappa shape index (κ2) is 7.43. The molecule has 1 aliphatic heterocycles. The van der Waals surface area contributed by atoms with E-state index in [1.165, 1.54) is 17.8 Å². The van der Waals surface area contributed by atoms with Crippen molar-refractivity contribution in [3.8, 4) is 5.82 Å². The van der Waals surface area contributed by atoms with Crippen LogP contribution < -0.4 is 16.0 Å². The number of nitrogens with two attached hydrogens (primary N) is 1. The van der Waals surface area contributed by atoms with Gasteiger partial charge in [-0.25, -0.2) is 9.88 Å². The summed E-state index contributed by atoms with van der Waals surface area (Å²) in [5.74, 6) is -1.01. The van der Waals surface area contributed by atoms with E-state index in [0.29, 0.717) is 28.3 Å². The third-order valence-corrected chi connectivity index (χ3v) is 5.10. The van der Waals surface area contributed by atoms with Gasteiger partial charge in [-0.05, 0) is 37.3 Å². The number of benzene rings is 1. The second-order valence-corrected chi connectivity index (χ2v) is 6.94. The van der Waals surface area contributed by atoms with E-state index in [1.54, 1.807) is 43.5 Å². The van der Waals surface area contributed by atoms with Crippen molar-refractivity contribution in [3.63, 3.8) is 0 Å². The van der Waals surface area contributed by atoms with Crippen LogP contribution in [0.1, 0.15) is 34.0 Å². The van der Waals surface area contributed by atoms with Crippen LogP contribution in [-0.2, 0) is 9.59 Å². The summed E-state index contributed by atoms with van der Waals surface area (Å²) < 4.78 is 1.47. The Kier molecular flexibility index (Phi) is 4.78. The minimum atomic E-state index is -0.751. The molecular weight excluding hydrogens is 384 g/mol. The Bertz CT molecular complexity index is 1150. The molecule has 0 unspecified atom stereocenters. The minimum absolute atomic E-state index is 0.0258. The lowest BCUT2D eigenvalue weighted by Crippen LogP contribution is -2.30. The maximum atomic E-state index is 13.2. The number of hydrogen-bond donors (Lipinski definition) is 2. The van der Waals surface area contributed by atoms with Crippen molar-refractivity contribution in [2.45, 2.75) is 19.3 Å². The highest BCUT2D eigenvalue weighted by molar-refractivity contribution is 6.23. The Morgan fingerprint density at radius 1 is 1.20 bits per heavy atom. The van der Waals surface area contributed by atoms with Gasteiger partial charge in [-0.2, -0.15) is 9.78 Å². The molecule has 0 bridgehead atoms. The predicted octanol–water partition coefficient (Wildman–Crippen LogP) is 1.56. The van der Waals surface area contributed by atoms with Crippen LogP contribution in [0.25, 0.3) is 5.82 Å². The molecule has 3 aromatic rings. The first kappa shape index (κ1) is 19.3. The highest BCUT2D eigenvalue weighted by Gasteiger charge is 2.43. The third-order valence-electron chi connectivity index (χ3n) is 5.10. The topological polar surface area (TPSA) is 123 Å². The van der Waals surface area contributed by atoms with Gasteiger partial charge in [0, 0.05) is 30.8 Å². The molecule has 152 valence electrons. The van der Waals surface area contributed by atoms with Gasteiger partial charge in [0.25, 0.3) is 5.91 Å². The van der Waals surface area contributed by atoms with Gasteiger partial charge in [0.1, 0.15) is 5.82 Å². The average Bonchev–Trinajstić information content (AvgIpc) is 3.22. The van der Waals surface area contributed by atoms with Gasteiger partial charge < -0.3 is 11.1 Å². The Morgan fingerprint density at radius 3 is 2.70 bits per heavy atom. The first-order valence-electron chi connectivity index (χ1n) is 9.37. The highest BCUT2D eigenvalue weighted by atomic mass is 16.2. The van der Waals surface area contributed by atoms with E-state index >= 15 is 0 Å². The molecule has 1 aromatic carbocycles. The molecule has 0 radical (unpaired) electrons. The summed E-state index contributed by atoms with van der Waals surface area (Å²) in [5, 5.41) is 6.95. The number of pyridine rings is 1. The van der Waals surface area contributed by atoms with Crippen molar-refractivity contribution in [1.29, 1.82) is 0 Å². The van der Waals surface area contributed by atoms with Crippen LogP contribution in [0.5, 0.6) is 0 Å². The molecule has 3 amide bonds. The van der Waals surface area contributed by atoms with Gasteiger partial charge in [-0.1, -0.05) is 12.1 Å². The van der Waals surface area contributed by atoms with Crippen molar-refractivity contribution in [1.82, 2.24) is 20.1 Å². The maximum absolute atomic E-state index is 13.2. The van der Waals surface area contributed by atoms with Crippen LogP contribution in [0.4, 0.5) is 11.5 Å². The number of carbonyl (C=O) groups is 3. The van der Waals surface area contributed by atoms with E-state index in [9.17, 15) is 14.4 Å². The summed E-state index contributed by atoms with van der Waals surface area (Å²) >= 11 is 0. The molecule has 9 heteroatoms. The maximum Gasteiger partial charge on any atom is 0.251 e. The summed E-state index contributed by atoms with van der Waals surface area (Å²) in [5.41, 5.74) is 8.10. The fraction of sp³-hybridized carbons (Fsp3) is 0.190.